The molecule has 2 atom stereocenters. The van der Waals surface area contributed by atoms with Gasteiger partial charge in [-0.1, -0.05) is 6.07 Å². The average Bonchev–Trinajstić information content (AvgIpc) is 2.74. The summed E-state index contributed by atoms with van der Waals surface area (Å²) < 4.78 is 30.7. The number of sulfonamides is 1. The number of amides is 4. The van der Waals surface area contributed by atoms with E-state index >= 15 is 0 Å². The molecule has 31 heavy (non-hydrogen) atoms. The maximum atomic E-state index is 12.9. The second-order valence-corrected chi connectivity index (χ2v) is 9.43. The molecule has 11 nitrogen and oxygen atoms in total. The lowest BCUT2D eigenvalue weighted by Gasteiger charge is -2.39. The number of ether oxygens (including phenoxy) is 1. The number of anilines is 1. The van der Waals surface area contributed by atoms with Crippen molar-refractivity contribution in [1.29, 1.82) is 0 Å². The van der Waals surface area contributed by atoms with Gasteiger partial charge in [-0.25, -0.2) is 13.2 Å². The molecule has 0 aliphatic carbocycles. The van der Waals surface area contributed by atoms with Crippen molar-refractivity contribution in [3.63, 3.8) is 0 Å². The van der Waals surface area contributed by atoms with Crippen LogP contribution in [0, 0.1) is 0 Å². The third-order valence-corrected chi connectivity index (χ3v) is 6.56. The summed E-state index contributed by atoms with van der Waals surface area (Å²) in [5.74, 6) is -0.331. The molecule has 2 aliphatic heterocycles. The number of urea groups is 1. The smallest absolute Gasteiger partial charge is 0.321 e. The summed E-state index contributed by atoms with van der Waals surface area (Å²) in [4.78, 5) is 39.0. The average molecular weight is 454 g/mol. The van der Waals surface area contributed by atoms with Crippen LogP contribution in [0.25, 0.3) is 0 Å². The van der Waals surface area contributed by atoms with E-state index in [0.717, 1.165) is 10.6 Å². The van der Waals surface area contributed by atoms with Crippen molar-refractivity contribution in [1.82, 2.24) is 19.8 Å². The van der Waals surface area contributed by atoms with Crippen LogP contribution in [0.5, 0.6) is 5.75 Å². The van der Waals surface area contributed by atoms with Gasteiger partial charge >= 0.3 is 6.03 Å². The van der Waals surface area contributed by atoms with Crippen LogP contribution in [0.1, 0.15) is 12.8 Å². The summed E-state index contributed by atoms with van der Waals surface area (Å²) in [6.07, 6.45) is 2.21. The van der Waals surface area contributed by atoms with E-state index in [1.165, 1.54) is 12.0 Å². The Balaban J connectivity index is 1.72. The fraction of sp³-hybridized carbons (Fsp3) is 0.526. The number of hydrogen-bond donors (Lipinski definition) is 3. The predicted molar refractivity (Wildman–Crippen MR) is 113 cm³/mol. The van der Waals surface area contributed by atoms with Gasteiger partial charge in [0.05, 0.1) is 13.4 Å². The summed E-state index contributed by atoms with van der Waals surface area (Å²) in [7, 11) is -2.18. The number of piperazine rings is 1. The Morgan fingerprint density at radius 1 is 1.26 bits per heavy atom. The molecule has 3 rings (SSSR count). The molecule has 0 spiro atoms. The minimum absolute atomic E-state index is 0.0285. The van der Waals surface area contributed by atoms with Gasteiger partial charge in [0.1, 0.15) is 17.8 Å². The minimum atomic E-state index is -3.69. The molecular formula is C19H27N5O6S. The first-order valence-corrected chi connectivity index (χ1v) is 11.8. The minimum Gasteiger partial charge on any atom is -0.497 e. The fourth-order valence-electron chi connectivity index (χ4n) is 3.64. The van der Waals surface area contributed by atoms with Crippen molar-refractivity contribution in [2.75, 3.05) is 44.9 Å². The van der Waals surface area contributed by atoms with Crippen LogP contribution in [0.3, 0.4) is 0 Å². The molecule has 2 aliphatic rings. The quantitative estimate of drug-likeness (QED) is 0.553. The Kier molecular flexibility index (Phi) is 7.01. The Hall–Kier alpha value is -2.86. The van der Waals surface area contributed by atoms with Gasteiger partial charge in [-0.05, 0) is 25.0 Å². The van der Waals surface area contributed by atoms with E-state index in [1.807, 2.05) is 0 Å². The van der Waals surface area contributed by atoms with Crippen molar-refractivity contribution in [2.24, 2.45) is 0 Å². The van der Waals surface area contributed by atoms with E-state index in [4.69, 9.17) is 4.74 Å². The Labute approximate surface area is 181 Å². The molecule has 2 fully saturated rings. The van der Waals surface area contributed by atoms with Gasteiger partial charge in [-0.3, -0.25) is 9.59 Å². The molecule has 2 saturated heterocycles. The molecule has 170 valence electrons. The zero-order chi connectivity index (χ0) is 22.6. The van der Waals surface area contributed by atoms with Crippen LogP contribution in [-0.2, 0) is 19.6 Å². The normalized spacial score (nSPS) is 22.4. The summed E-state index contributed by atoms with van der Waals surface area (Å²) >= 11 is 0. The molecule has 0 bridgehead atoms. The molecule has 3 N–H and O–H groups in total. The Bertz CT molecular complexity index is 953. The van der Waals surface area contributed by atoms with Crippen LogP contribution >= 0.6 is 0 Å². The highest BCUT2D eigenvalue weighted by Crippen LogP contribution is 2.19. The zero-order valence-corrected chi connectivity index (χ0v) is 18.3. The van der Waals surface area contributed by atoms with Crippen LogP contribution < -0.4 is 20.7 Å². The van der Waals surface area contributed by atoms with Crippen LogP contribution in [-0.4, -0.2) is 87.1 Å². The molecule has 1 aromatic carbocycles. The lowest BCUT2D eigenvalue weighted by atomic mass is 10.1. The number of piperidine rings is 1. The number of nitrogens with zero attached hydrogens (tertiary/aromatic N) is 2. The van der Waals surface area contributed by atoms with E-state index in [-0.39, 0.29) is 25.5 Å². The number of rotatable bonds is 5. The standard InChI is InChI=1S/C19H27N5O6S/c1-30-14-6-3-5-13(11-14)21-19(27)23-9-10-24(31(2,28)29)16(12-23)18(26)22-15-7-4-8-20-17(15)25/h3,5-6,11,15-16H,4,7-10,12H2,1-2H3,(H,20,25)(H,21,27)(H,22,26)/t15-,16-/m0/s1. The first-order valence-electron chi connectivity index (χ1n) is 9.94. The van der Waals surface area contributed by atoms with Crippen LogP contribution in [0.2, 0.25) is 0 Å². The molecule has 12 heteroatoms. The van der Waals surface area contributed by atoms with E-state index in [2.05, 4.69) is 16.0 Å². The molecule has 4 amide bonds. The van der Waals surface area contributed by atoms with Crippen molar-refractivity contribution in [3.05, 3.63) is 24.3 Å². The monoisotopic (exact) mass is 453 g/mol. The van der Waals surface area contributed by atoms with Crippen molar-refractivity contribution in [2.45, 2.75) is 24.9 Å². The van der Waals surface area contributed by atoms with Gasteiger partial charge in [0.15, 0.2) is 0 Å². The van der Waals surface area contributed by atoms with Gasteiger partial charge in [-0.15, -0.1) is 0 Å². The molecule has 2 heterocycles. The Morgan fingerprint density at radius 2 is 2.03 bits per heavy atom. The van der Waals surface area contributed by atoms with E-state index < -0.39 is 34.0 Å². The van der Waals surface area contributed by atoms with Crippen molar-refractivity contribution in [3.8, 4) is 5.75 Å². The van der Waals surface area contributed by atoms with Crippen molar-refractivity contribution < 1.29 is 27.5 Å². The van der Waals surface area contributed by atoms with Gasteiger partial charge in [0, 0.05) is 37.9 Å². The topological polar surface area (TPSA) is 137 Å². The third kappa shape index (κ3) is 5.64. The number of methoxy groups -OCH3 is 1. The zero-order valence-electron chi connectivity index (χ0n) is 17.5. The van der Waals surface area contributed by atoms with E-state index in [9.17, 15) is 22.8 Å². The van der Waals surface area contributed by atoms with Crippen LogP contribution in [0.15, 0.2) is 24.3 Å². The molecule has 0 unspecified atom stereocenters. The third-order valence-electron chi connectivity index (χ3n) is 5.27. The van der Waals surface area contributed by atoms with Gasteiger partial charge < -0.3 is 25.6 Å². The molecule has 0 radical (unpaired) electrons. The molecule has 1 aromatic rings. The number of carbonyl (C=O) groups is 3. The van der Waals surface area contributed by atoms with E-state index in [1.54, 1.807) is 24.3 Å². The second-order valence-electron chi connectivity index (χ2n) is 7.49. The highest BCUT2D eigenvalue weighted by atomic mass is 32.2. The lowest BCUT2D eigenvalue weighted by Crippen LogP contribution is -2.63. The Morgan fingerprint density at radius 3 is 2.71 bits per heavy atom. The summed E-state index contributed by atoms with van der Waals surface area (Å²) in [6, 6.07) is 4.49. The maximum Gasteiger partial charge on any atom is 0.321 e. The number of nitrogens with one attached hydrogen (secondary N) is 3. The van der Waals surface area contributed by atoms with E-state index in [0.29, 0.717) is 30.8 Å². The lowest BCUT2D eigenvalue weighted by molar-refractivity contribution is -0.132. The molecule has 0 saturated carbocycles. The summed E-state index contributed by atoms with van der Waals surface area (Å²) in [5, 5.41) is 8.04. The highest BCUT2D eigenvalue weighted by molar-refractivity contribution is 7.88. The fourth-order valence-corrected chi connectivity index (χ4v) is 4.68. The number of carbonyl (C=O) groups excluding carboxylic acids is 3. The summed E-state index contributed by atoms with van der Waals surface area (Å²) in [6.45, 7) is 0.501. The van der Waals surface area contributed by atoms with Gasteiger partial charge in [0.25, 0.3) is 0 Å². The first kappa shape index (κ1) is 22.8. The SMILES string of the molecule is COc1cccc(NC(=O)N2CCN(S(C)(=O)=O)[C@H](C(=O)N[C@H]3CCCNC3=O)C2)c1. The first-order chi connectivity index (χ1) is 14.7. The van der Waals surface area contributed by atoms with Crippen LogP contribution in [0.4, 0.5) is 10.5 Å². The van der Waals surface area contributed by atoms with Gasteiger partial charge in [-0.2, -0.15) is 4.31 Å². The number of benzene rings is 1. The largest absolute Gasteiger partial charge is 0.497 e. The maximum absolute atomic E-state index is 12.9. The highest BCUT2D eigenvalue weighted by Gasteiger charge is 2.40. The van der Waals surface area contributed by atoms with Gasteiger partial charge in [0.2, 0.25) is 21.8 Å². The molecular weight excluding hydrogens is 426 g/mol. The second kappa shape index (κ2) is 9.52. The molecule has 0 aromatic heterocycles. The summed E-state index contributed by atoms with van der Waals surface area (Å²) in [5.41, 5.74) is 0.509. The number of hydrogen-bond acceptors (Lipinski definition) is 6. The van der Waals surface area contributed by atoms with Crippen molar-refractivity contribution >= 4 is 33.6 Å². The predicted octanol–water partition coefficient (Wildman–Crippen LogP) is -0.432.